The summed E-state index contributed by atoms with van der Waals surface area (Å²) in [6.07, 6.45) is 1.07. The van der Waals surface area contributed by atoms with Gasteiger partial charge in [-0.05, 0) is 19.5 Å². The average molecular weight is 243 g/mol. The van der Waals surface area contributed by atoms with Gasteiger partial charge in [-0.15, -0.1) is 0 Å². The van der Waals surface area contributed by atoms with Crippen LogP contribution in [-0.2, 0) is 4.79 Å². The first-order chi connectivity index (χ1) is 8.18. The zero-order valence-corrected chi connectivity index (χ0v) is 10.00. The van der Waals surface area contributed by atoms with Crippen molar-refractivity contribution in [2.24, 2.45) is 5.73 Å². The molecule has 0 unspecified atom stereocenters. The van der Waals surface area contributed by atoms with Crippen molar-refractivity contribution in [2.75, 3.05) is 45.8 Å². The normalized spacial score (nSPS) is 17.2. The molecule has 7 nitrogen and oxygen atoms in total. The molecule has 0 atom stereocenters. The quantitative estimate of drug-likeness (QED) is 0.422. The second kappa shape index (κ2) is 7.86. The molecule has 0 aromatic heterocycles. The third-order valence-corrected chi connectivity index (χ3v) is 2.55. The van der Waals surface area contributed by atoms with Gasteiger partial charge in [0, 0.05) is 26.2 Å². The van der Waals surface area contributed by atoms with Crippen LogP contribution in [0.15, 0.2) is 0 Å². The summed E-state index contributed by atoms with van der Waals surface area (Å²) in [5.74, 6) is -0.0156. The van der Waals surface area contributed by atoms with E-state index in [0.29, 0.717) is 19.6 Å². The topological polar surface area (TPSA) is 99.5 Å². The van der Waals surface area contributed by atoms with Crippen molar-refractivity contribution in [2.45, 2.75) is 6.42 Å². The number of amides is 3. The Labute approximate surface area is 101 Å². The highest BCUT2D eigenvalue weighted by molar-refractivity contribution is 5.78. The summed E-state index contributed by atoms with van der Waals surface area (Å²) in [4.78, 5) is 24.1. The monoisotopic (exact) mass is 243 g/mol. The van der Waals surface area contributed by atoms with Crippen LogP contribution < -0.4 is 21.7 Å². The second-order valence-electron chi connectivity index (χ2n) is 4.02. The van der Waals surface area contributed by atoms with Gasteiger partial charge in [0.15, 0.2) is 0 Å². The highest BCUT2D eigenvalue weighted by Gasteiger charge is 2.11. The zero-order chi connectivity index (χ0) is 12.5. The molecular formula is C10H21N5O2. The third-order valence-electron chi connectivity index (χ3n) is 2.55. The molecule has 0 aromatic carbocycles. The van der Waals surface area contributed by atoms with Gasteiger partial charge in [-0.2, -0.15) is 0 Å². The predicted molar refractivity (Wildman–Crippen MR) is 64.5 cm³/mol. The smallest absolute Gasteiger partial charge is 0.312 e. The molecule has 1 fully saturated rings. The number of hydrogen-bond acceptors (Lipinski definition) is 4. The number of carbonyl (C=O) groups is 2. The molecule has 0 saturated carbocycles. The first-order valence-electron chi connectivity index (χ1n) is 5.91. The average Bonchev–Trinajstić information content (AvgIpc) is 2.53. The van der Waals surface area contributed by atoms with E-state index < -0.39 is 6.03 Å². The SMILES string of the molecule is NC(=O)NCCNC(=O)CN1CCCNCC1. The largest absolute Gasteiger partial charge is 0.353 e. The highest BCUT2D eigenvalue weighted by Crippen LogP contribution is 1.94. The number of rotatable bonds is 5. The number of primary amides is 1. The molecule has 1 aliphatic heterocycles. The van der Waals surface area contributed by atoms with Crippen LogP contribution in [0.4, 0.5) is 4.79 Å². The summed E-state index contributed by atoms with van der Waals surface area (Å²) in [5.41, 5.74) is 4.90. The standard InChI is InChI=1S/C10H21N5O2/c11-10(17)14-4-3-13-9(16)8-15-6-1-2-12-5-7-15/h12H,1-8H2,(H,13,16)(H3,11,14,17). The number of urea groups is 1. The molecule has 1 saturated heterocycles. The number of nitrogens with two attached hydrogens (primary N) is 1. The molecule has 98 valence electrons. The summed E-state index contributed by atoms with van der Waals surface area (Å²) in [7, 11) is 0. The molecule has 3 amide bonds. The van der Waals surface area contributed by atoms with E-state index in [0.717, 1.165) is 32.6 Å². The highest BCUT2D eigenvalue weighted by atomic mass is 16.2. The van der Waals surface area contributed by atoms with Crippen LogP contribution in [-0.4, -0.2) is 62.7 Å². The maximum Gasteiger partial charge on any atom is 0.312 e. The molecule has 0 bridgehead atoms. The van der Waals surface area contributed by atoms with Crippen LogP contribution in [0.1, 0.15) is 6.42 Å². The second-order valence-corrected chi connectivity index (χ2v) is 4.02. The van der Waals surface area contributed by atoms with Gasteiger partial charge in [0.25, 0.3) is 0 Å². The minimum atomic E-state index is -0.571. The Morgan fingerprint density at radius 3 is 2.71 bits per heavy atom. The third kappa shape index (κ3) is 6.75. The summed E-state index contributed by atoms with van der Waals surface area (Å²) < 4.78 is 0. The number of nitrogens with zero attached hydrogens (tertiary/aromatic N) is 1. The van der Waals surface area contributed by atoms with E-state index in [1.54, 1.807) is 0 Å². The summed E-state index contributed by atoms with van der Waals surface area (Å²) >= 11 is 0. The van der Waals surface area contributed by atoms with Gasteiger partial charge in [-0.3, -0.25) is 9.69 Å². The van der Waals surface area contributed by atoms with Crippen LogP contribution in [0, 0.1) is 0 Å². The lowest BCUT2D eigenvalue weighted by atomic mass is 10.4. The van der Waals surface area contributed by atoms with E-state index in [1.165, 1.54) is 0 Å². The predicted octanol–water partition coefficient (Wildman–Crippen LogP) is -1.93. The van der Waals surface area contributed by atoms with E-state index in [-0.39, 0.29) is 5.91 Å². The van der Waals surface area contributed by atoms with Crippen molar-refractivity contribution in [3.63, 3.8) is 0 Å². The fourth-order valence-corrected chi connectivity index (χ4v) is 1.71. The lowest BCUT2D eigenvalue weighted by Crippen LogP contribution is -2.42. The maximum absolute atomic E-state index is 11.6. The van der Waals surface area contributed by atoms with Gasteiger partial charge in [0.2, 0.25) is 5.91 Å². The van der Waals surface area contributed by atoms with Crippen LogP contribution in [0.25, 0.3) is 0 Å². The van der Waals surface area contributed by atoms with Crippen LogP contribution in [0.5, 0.6) is 0 Å². The van der Waals surface area contributed by atoms with Crippen LogP contribution in [0.2, 0.25) is 0 Å². The van der Waals surface area contributed by atoms with Crippen LogP contribution >= 0.6 is 0 Å². The molecule has 1 aliphatic rings. The molecule has 1 heterocycles. The van der Waals surface area contributed by atoms with Gasteiger partial charge >= 0.3 is 6.03 Å². The molecule has 1 rings (SSSR count). The van der Waals surface area contributed by atoms with Crippen molar-refractivity contribution >= 4 is 11.9 Å². The van der Waals surface area contributed by atoms with E-state index in [4.69, 9.17) is 5.73 Å². The van der Waals surface area contributed by atoms with Gasteiger partial charge in [0.1, 0.15) is 0 Å². The molecule has 0 aromatic rings. The number of nitrogens with one attached hydrogen (secondary N) is 3. The molecule has 17 heavy (non-hydrogen) atoms. The minimum Gasteiger partial charge on any atom is -0.353 e. The molecule has 7 heteroatoms. The van der Waals surface area contributed by atoms with Gasteiger partial charge < -0.3 is 21.7 Å². The van der Waals surface area contributed by atoms with Crippen molar-refractivity contribution < 1.29 is 9.59 Å². The van der Waals surface area contributed by atoms with Crippen LogP contribution in [0.3, 0.4) is 0 Å². The van der Waals surface area contributed by atoms with E-state index in [9.17, 15) is 9.59 Å². The Balaban J connectivity index is 2.08. The van der Waals surface area contributed by atoms with Crippen molar-refractivity contribution in [1.29, 1.82) is 0 Å². The Morgan fingerprint density at radius 1 is 1.18 bits per heavy atom. The lowest BCUT2D eigenvalue weighted by Gasteiger charge is -2.18. The van der Waals surface area contributed by atoms with E-state index in [2.05, 4.69) is 20.9 Å². The summed E-state index contributed by atoms with van der Waals surface area (Å²) in [6.45, 7) is 4.97. The van der Waals surface area contributed by atoms with E-state index in [1.807, 2.05) is 0 Å². The zero-order valence-electron chi connectivity index (χ0n) is 10.00. The Bertz CT molecular complexity index is 251. The Morgan fingerprint density at radius 2 is 1.94 bits per heavy atom. The first-order valence-corrected chi connectivity index (χ1v) is 5.91. The molecular weight excluding hydrogens is 222 g/mol. The Hall–Kier alpha value is -1.34. The van der Waals surface area contributed by atoms with Crippen molar-refractivity contribution in [3.05, 3.63) is 0 Å². The molecule has 0 radical (unpaired) electrons. The fraction of sp³-hybridized carbons (Fsp3) is 0.800. The van der Waals surface area contributed by atoms with Gasteiger partial charge in [-0.25, -0.2) is 4.79 Å². The first kappa shape index (κ1) is 13.7. The number of carbonyl (C=O) groups excluding carboxylic acids is 2. The van der Waals surface area contributed by atoms with Gasteiger partial charge in [-0.1, -0.05) is 0 Å². The van der Waals surface area contributed by atoms with Crippen molar-refractivity contribution in [1.82, 2.24) is 20.9 Å². The summed E-state index contributed by atoms with van der Waals surface area (Å²) in [6, 6.07) is -0.571. The summed E-state index contributed by atoms with van der Waals surface area (Å²) in [5, 5.41) is 8.43. The van der Waals surface area contributed by atoms with Crippen molar-refractivity contribution in [3.8, 4) is 0 Å². The lowest BCUT2D eigenvalue weighted by molar-refractivity contribution is -0.122. The van der Waals surface area contributed by atoms with Gasteiger partial charge in [0.05, 0.1) is 6.54 Å². The Kier molecular flexibility index (Phi) is 6.34. The minimum absolute atomic E-state index is 0.0156. The maximum atomic E-state index is 11.6. The molecule has 0 aliphatic carbocycles. The van der Waals surface area contributed by atoms with E-state index >= 15 is 0 Å². The fourth-order valence-electron chi connectivity index (χ4n) is 1.71. The number of hydrogen-bond donors (Lipinski definition) is 4. The molecule has 5 N–H and O–H groups in total. The molecule has 0 spiro atoms.